The van der Waals surface area contributed by atoms with Gasteiger partial charge in [0.1, 0.15) is 0 Å². The fraction of sp³-hybridized carbons (Fsp3) is 0.684. The minimum Gasteiger partial charge on any atom is -0.297 e. The van der Waals surface area contributed by atoms with E-state index in [9.17, 15) is 8.42 Å². The van der Waals surface area contributed by atoms with Gasteiger partial charge >= 0.3 is 0 Å². The van der Waals surface area contributed by atoms with Gasteiger partial charge in [-0.3, -0.25) is 14.0 Å². The van der Waals surface area contributed by atoms with Crippen LogP contribution in [0, 0.1) is 5.92 Å². The van der Waals surface area contributed by atoms with E-state index in [0.29, 0.717) is 18.6 Å². The molecule has 1 aliphatic heterocycles. The Morgan fingerprint density at radius 1 is 1.04 bits per heavy atom. The highest BCUT2D eigenvalue weighted by Crippen LogP contribution is 2.30. The number of benzene rings is 1. The van der Waals surface area contributed by atoms with Gasteiger partial charge in [-0.2, -0.15) is 8.42 Å². The summed E-state index contributed by atoms with van der Waals surface area (Å²) in [5.74, 6) is 0.337. The molecule has 2 atom stereocenters. The molecule has 6 heteroatoms. The SMILES string of the molecule is CS(=O)(=O)OC[C@H]1CCCC[C@H]1N1CCN(Cc2ccccc2)CC1. The van der Waals surface area contributed by atoms with Gasteiger partial charge in [0.05, 0.1) is 12.9 Å². The maximum atomic E-state index is 11.3. The lowest BCUT2D eigenvalue weighted by atomic mass is 9.84. The molecule has 1 saturated carbocycles. The summed E-state index contributed by atoms with van der Waals surface area (Å²) in [4.78, 5) is 5.08. The molecular weight excluding hydrogens is 336 g/mol. The first-order valence-electron chi connectivity index (χ1n) is 9.36. The molecule has 1 aromatic carbocycles. The Labute approximate surface area is 152 Å². The number of nitrogens with zero attached hydrogens (tertiary/aromatic N) is 2. The first kappa shape index (κ1) is 18.8. The zero-order chi connectivity index (χ0) is 17.7. The van der Waals surface area contributed by atoms with Crippen molar-refractivity contribution in [1.29, 1.82) is 0 Å². The Kier molecular flexibility index (Phi) is 6.49. The molecular formula is C19H30N2O3S. The lowest BCUT2D eigenvalue weighted by molar-refractivity contribution is 0.0325. The summed E-state index contributed by atoms with van der Waals surface area (Å²) < 4.78 is 27.8. The molecule has 1 aromatic rings. The molecule has 0 spiro atoms. The third kappa shape index (κ3) is 5.78. The highest BCUT2D eigenvalue weighted by molar-refractivity contribution is 7.85. The van der Waals surface area contributed by atoms with Crippen LogP contribution in [0.15, 0.2) is 30.3 Å². The molecule has 3 rings (SSSR count). The monoisotopic (exact) mass is 366 g/mol. The maximum absolute atomic E-state index is 11.3. The summed E-state index contributed by atoms with van der Waals surface area (Å²) in [5.41, 5.74) is 1.37. The van der Waals surface area contributed by atoms with Crippen LogP contribution >= 0.6 is 0 Å². The first-order valence-corrected chi connectivity index (χ1v) is 11.2. The fourth-order valence-corrected chi connectivity index (χ4v) is 4.59. The number of piperazine rings is 1. The zero-order valence-electron chi connectivity index (χ0n) is 15.1. The van der Waals surface area contributed by atoms with Crippen LogP contribution < -0.4 is 0 Å². The quantitative estimate of drug-likeness (QED) is 0.724. The standard InChI is InChI=1S/C19H30N2O3S/c1-25(22,23)24-16-18-9-5-6-10-19(18)21-13-11-20(12-14-21)15-17-7-3-2-4-8-17/h2-4,7-8,18-19H,5-6,9-16H2,1H3/t18-,19-/m1/s1. The summed E-state index contributed by atoms with van der Waals surface area (Å²) >= 11 is 0. The van der Waals surface area contributed by atoms with Gasteiger partial charge in [0.2, 0.25) is 0 Å². The van der Waals surface area contributed by atoms with E-state index in [0.717, 1.165) is 51.8 Å². The lowest BCUT2D eigenvalue weighted by Crippen LogP contribution is -2.53. The van der Waals surface area contributed by atoms with Crippen molar-refractivity contribution in [3.63, 3.8) is 0 Å². The molecule has 25 heavy (non-hydrogen) atoms. The van der Waals surface area contributed by atoms with Crippen molar-refractivity contribution in [2.24, 2.45) is 5.92 Å². The van der Waals surface area contributed by atoms with Crippen LogP contribution in [0.4, 0.5) is 0 Å². The summed E-state index contributed by atoms with van der Waals surface area (Å²) in [6, 6.07) is 11.1. The van der Waals surface area contributed by atoms with Gasteiger partial charge in [-0.25, -0.2) is 0 Å². The molecule has 0 N–H and O–H groups in total. The van der Waals surface area contributed by atoms with Crippen LogP contribution in [0.5, 0.6) is 0 Å². The van der Waals surface area contributed by atoms with Gasteiger partial charge in [-0.05, 0) is 24.3 Å². The Hall–Kier alpha value is -0.950. The van der Waals surface area contributed by atoms with Crippen molar-refractivity contribution >= 4 is 10.1 Å². The van der Waals surface area contributed by atoms with Crippen LogP contribution in [0.25, 0.3) is 0 Å². The van der Waals surface area contributed by atoms with Crippen LogP contribution in [0.1, 0.15) is 31.2 Å². The molecule has 2 aliphatic rings. The molecule has 1 aliphatic carbocycles. The zero-order valence-corrected chi connectivity index (χ0v) is 16.0. The van der Waals surface area contributed by atoms with Crippen LogP contribution in [-0.2, 0) is 20.8 Å². The highest BCUT2D eigenvalue weighted by atomic mass is 32.2. The van der Waals surface area contributed by atoms with E-state index in [4.69, 9.17) is 4.18 Å². The number of hydrogen-bond acceptors (Lipinski definition) is 5. The third-order valence-corrected chi connectivity index (χ3v) is 6.05. The van der Waals surface area contributed by atoms with Crippen LogP contribution in [0.2, 0.25) is 0 Å². The van der Waals surface area contributed by atoms with Gasteiger partial charge in [0, 0.05) is 38.8 Å². The van der Waals surface area contributed by atoms with E-state index >= 15 is 0 Å². The predicted octanol–water partition coefficient (Wildman–Crippen LogP) is 2.34. The Balaban J connectivity index is 1.51. The molecule has 0 radical (unpaired) electrons. The van der Waals surface area contributed by atoms with Gasteiger partial charge in [0.15, 0.2) is 0 Å². The van der Waals surface area contributed by atoms with E-state index in [1.165, 1.54) is 18.4 Å². The van der Waals surface area contributed by atoms with Crippen molar-refractivity contribution in [1.82, 2.24) is 9.80 Å². The third-order valence-electron chi connectivity index (χ3n) is 5.49. The predicted molar refractivity (Wildman–Crippen MR) is 99.8 cm³/mol. The minimum atomic E-state index is -3.35. The summed E-state index contributed by atoms with van der Waals surface area (Å²) in [5, 5.41) is 0. The second-order valence-corrected chi connectivity index (χ2v) is 9.04. The average Bonchev–Trinajstić information content (AvgIpc) is 2.61. The summed E-state index contributed by atoms with van der Waals surface area (Å²) in [6.45, 7) is 5.63. The largest absolute Gasteiger partial charge is 0.297 e. The molecule has 0 unspecified atom stereocenters. The van der Waals surface area contributed by atoms with Crippen molar-refractivity contribution in [2.45, 2.75) is 38.3 Å². The van der Waals surface area contributed by atoms with Crippen molar-refractivity contribution in [2.75, 3.05) is 39.0 Å². The normalized spacial score (nSPS) is 26.6. The highest BCUT2D eigenvalue weighted by Gasteiger charge is 2.32. The topological polar surface area (TPSA) is 49.9 Å². The van der Waals surface area contributed by atoms with Crippen LogP contribution in [-0.4, -0.2) is 63.3 Å². The van der Waals surface area contributed by atoms with E-state index in [2.05, 4.69) is 40.1 Å². The first-order chi connectivity index (χ1) is 12.0. The Bertz CT molecular complexity index is 627. The number of hydrogen-bond donors (Lipinski definition) is 0. The van der Waals surface area contributed by atoms with E-state index in [1.807, 2.05) is 0 Å². The summed E-state index contributed by atoms with van der Waals surface area (Å²) in [7, 11) is -3.35. The Morgan fingerprint density at radius 2 is 1.72 bits per heavy atom. The van der Waals surface area contributed by atoms with E-state index in [-0.39, 0.29) is 0 Å². The smallest absolute Gasteiger partial charge is 0.264 e. The average molecular weight is 367 g/mol. The molecule has 0 amide bonds. The molecule has 0 bridgehead atoms. The van der Waals surface area contributed by atoms with E-state index < -0.39 is 10.1 Å². The molecule has 2 fully saturated rings. The summed E-state index contributed by atoms with van der Waals surface area (Å²) in [6.07, 6.45) is 5.81. The lowest BCUT2D eigenvalue weighted by Gasteiger charge is -2.44. The second kappa shape index (κ2) is 8.62. The van der Waals surface area contributed by atoms with Gasteiger partial charge in [0.25, 0.3) is 10.1 Å². The van der Waals surface area contributed by atoms with Crippen LogP contribution in [0.3, 0.4) is 0 Å². The second-order valence-electron chi connectivity index (χ2n) is 7.40. The van der Waals surface area contributed by atoms with E-state index in [1.54, 1.807) is 0 Å². The molecule has 140 valence electrons. The van der Waals surface area contributed by atoms with Gasteiger partial charge in [-0.15, -0.1) is 0 Å². The fourth-order valence-electron chi connectivity index (χ4n) is 4.17. The van der Waals surface area contributed by atoms with Crippen molar-refractivity contribution in [3.05, 3.63) is 35.9 Å². The molecule has 0 aromatic heterocycles. The van der Waals surface area contributed by atoms with Crippen molar-refractivity contribution in [3.8, 4) is 0 Å². The van der Waals surface area contributed by atoms with Gasteiger partial charge < -0.3 is 0 Å². The number of rotatable bonds is 6. The van der Waals surface area contributed by atoms with Gasteiger partial charge in [-0.1, -0.05) is 43.2 Å². The molecule has 1 saturated heterocycles. The Morgan fingerprint density at radius 3 is 2.40 bits per heavy atom. The molecule has 5 nitrogen and oxygen atoms in total. The molecule has 1 heterocycles. The minimum absolute atomic E-state index is 0.337. The maximum Gasteiger partial charge on any atom is 0.264 e. The van der Waals surface area contributed by atoms with Crippen molar-refractivity contribution < 1.29 is 12.6 Å².